The van der Waals surface area contributed by atoms with E-state index in [2.05, 4.69) is 74.5 Å². The van der Waals surface area contributed by atoms with Crippen LogP contribution in [0, 0.1) is 0 Å². The van der Waals surface area contributed by atoms with Crippen LogP contribution in [0.2, 0.25) is 0 Å². The molecule has 0 aliphatic rings. The van der Waals surface area contributed by atoms with Gasteiger partial charge in [0.2, 0.25) is 0 Å². The van der Waals surface area contributed by atoms with Crippen LogP contribution in [0.1, 0.15) is 20.3 Å². The monoisotopic (exact) mass is 336 g/mol. The smallest absolute Gasteiger partial charge is 0 e. The molecule has 0 amide bonds. The van der Waals surface area contributed by atoms with Gasteiger partial charge in [-0.25, -0.2) is 0 Å². The average molecular weight is 337 g/mol. The summed E-state index contributed by atoms with van der Waals surface area (Å²) in [5, 5.41) is 2.79. The normalized spacial score (nSPS) is 8.59. The van der Waals surface area contributed by atoms with Crippen molar-refractivity contribution in [1.82, 2.24) is 0 Å². The van der Waals surface area contributed by atoms with E-state index in [1.54, 1.807) is 0 Å². The van der Waals surface area contributed by atoms with Gasteiger partial charge < -0.3 is 0 Å². The summed E-state index contributed by atoms with van der Waals surface area (Å²) in [4.78, 5) is 0. The summed E-state index contributed by atoms with van der Waals surface area (Å²) < 4.78 is 0. The molecule has 0 fully saturated rings. The average Bonchev–Trinajstić information content (AvgIpc) is 2.33. The molecule has 2 aromatic rings. The van der Waals surface area contributed by atoms with E-state index in [1.165, 1.54) is 17.0 Å². The Labute approximate surface area is 120 Å². The van der Waals surface area contributed by atoms with Crippen molar-refractivity contribution in [3.63, 3.8) is 0 Å². The first-order valence-corrected chi connectivity index (χ1v) is 6.74. The Morgan fingerprint density at radius 3 is 1.29 bits per heavy atom. The summed E-state index contributed by atoms with van der Waals surface area (Å²) in [6.45, 7) is 4.25. The molecule has 94 valence electrons. The molecule has 0 aliphatic heterocycles. The Bertz CT molecular complexity index is 335. The van der Waals surface area contributed by atoms with Crippen molar-refractivity contribution in [2.75, 3.05) is 0 Å². The summed E-state index contributed by atoms with van der Waals surface area (Å²) in [5.74, 6) is 0. The Morgan fingerprint density at radius 2 is 1.00 bits per heavy atom. The van der Waals surface area contributed by atoms with Crippen LogP contribution in [-0.2, 0) is 20.4 Å². The minimum absolute atomic E-state index is 0. The maximum absolute atomic E-state index is 2.17. The largest absolute Gasteiger partial charge is 0.0656 e. The fourth-order valence-electron chi connectivity index (χ4n) is 1.21. The van der Waals surface area contributed by atoms with Gasteiger partial charge in [0.1, 0.15) is 0 Å². The third kappa shape index (κ3) is 7.46. The van der Waals surface area contributed by atoms with E-state index >= 15 is 0 Å². The van der Waals surface area contributed by atoms with Gasteiger partial charge in [0, 0.05) is 20.4 Å². The molecule has 0 N–H and O–H groups in total. The van der Waals surface area contributed by atoms with Crippen molar-refractivity contribution in [3.8, 4) is 0 Å². The Hall–Kier alpha value is -0.468. The van der Waals surface area contributed by atoms with Crippen molar-refractivity contribution < 1.29 is 20.4 Å². The molecule has 0 atom stereocenters. The molecule has 2 rings (SSSR count). The molecule has 0 radical (unpaired) electrons. The third-order valence-electron chi connectivity index (χ3n) is 1.84. The molecule has 17 heavy (non-hydrogen) atoms. The summed E-state index contributed by atoms with van der Waals surface area (Å²) in [5.41, 5.74) is 0. The first-order chi connectivity index (χ1) is 7.86. The van der Waals surface area contributed by atoms with Crippen molar-refractivity contribution >= 4 is 19.2 Å². The molecule has 2 heteroatoms. The van der Waals surface area contributed by atoms with E-state index < -0.39 is 0 Å². The standard InChI is InChI=1S/C12H11P.C3H8.Pd/c1-3-7-11(8-4-1)13-12-9-5-2-6-10-12;1-3-2;/h1-10,13H;3H2,1-2H3;. The summed E-state index contributed by atoms with van der Waals surface area (Å²) in [6, 6.07) is 21.2. The molecule has 0 unspecified atom stereocenters. The molecule has 0 heterocycles. The Balaban J connectivity index is 0.000000583. The maximum Gasteiger partial charge on any atom is 0 e. The molecule has 0 aliphatic carbocycles. The molecule has 0 saturated carbocycles. The predicted octanol–water partition coefficient (Wildman–Crippen LogP) is 3.73. The molecule has 0 saturated heterocycles. The van der Waals surface area contributed by atoms with Crippen LogP contribution >= 0.6 is 8.58 Å². The van der Waals surface area contributed by atoms with Gasteiger partial charge in [0.05, 0.1) is 0 Å². The van der Waals surface area contributed by atoms with Gasteiger partial charge in [-0.15, -0.1) is 0 Å². The number of hydrogen-bond donors (Lipinski definition) is 0. The SMILES string of the molecule is CCC.[Pd].c1ccc(Pc2ccccc2)cc1. The van der Waals surface area contributed by atoms with Crippen LogP contribution in [0.5, 0.6) is 0 Å². The first-order valence-electron chi connectivity index (χ1n) is 5.74. The summed E-state index contributed by atoms with van der Waals surface area (Å²) >= 11 is 0. The molecular weight excluding hydrogens is 318 g/mol. The minimum atomic E-state index is 0. The van der Waals surface area contributed by atoms with E-state index in [0.717, 1.165) is 8.58 Å². The van der Waals surface area contributed by atoms with Gasteiger partial charge >= 0.3 is 0 Å². The van der Waals surface area contributed by atoms with Gasteiger partial charge in [-0.1, -0.05) is 89.5 Å². The van der Waals surface area contributed by atoms with Gasteiger partial charge in [0.25, 0.3) is 0 Å². The number of hydrogen-bond acceptors (Lipinski definition) is 0. The van der Waals surface area contributed by atoms with Crippen molar-refractivity contribution in [1.29, 1.82) is 0 Å². The molecule has 0 nitrogen and oxygen atoms in total. The zero-order valence-corrected chi connectivity index (χ0v) is 12.9. The van der Waals surface area contributed by atoms with Crippen LogP contribution in [0.25, 0.3) is 0 Å². The van der Waals surface area contributed by atoms with E-state index in [1.807, 2.05) is 0 Å². The van der Waals surface area contributed by atoms with Crippen LogP contribution in [0.15, 0.2) is 60.7 Å². The van der Waals surface area contributed by atoms with E-state index in [4.69, 9.17) is 0 Å². The third-order valence-corrected chi connectivity index (χ3v) is 3.08. The summed E-state index contributed by atoms with van der Waals surface area (Å²) in [7, 11) is 0.777. The number of rotatable bonds is 2. The predicted molar refractivity (Wildman–Crippen MR) is 76.4 cm³/mol. The van der Waals surface area contributed by atoms with Gasteiger partial charge in [-0.3, -0.25) is 0 Å². The second-order valence-corrected chi connectivity index (χ2v) is 4.97. The van der Waals surface area contributed by atoms with Crippen LogP contribution in [0.3, 0.4) is 0 Å². The van der Waals surface area contributed by atoms with Crippen molar-refractivity contribution in [2.24, 2.45) is 0 Å². The maximum atomic E-state index is 2.17. The fraction of sp³-hybridized carbons (Fsp3) is 0.200. The van der Waals surface area contributed by atoms with Gasteiger partial charge in [0.15, 0.2) is 0 Å². The topological polar surface area (TPSA) is 0 Å². The van der Waals surface area contributed by atoms with E-state index in [9.17, 15) is 0 Å². The quantitative estimate of drug-likeness (QED) is 0.579. The Kier molecular flexibility index (Phi) is 10.4. The second kappa shape index (κ2) is 10.7. The second-order valence-electron chi connectivity index (χ2n) is 3.56. The first kappa shape index (κ1) is 16.5. The fourth-order valence-corrected chi connectivity index (χ4v) is 2.26. The van der Waals surface area contributed by atoms with E-state index in [0.29, 0.717) is 0 Å². The van der Waals surface area contributed by atoms with Crippen LogP contribution < -0.4 is 10.6 Å². The van der Waals surface area contributed by atoms with Crippen LogP contribution in [0.4, 0.5) is 0 Å². The molecule has 2 aromatic carbocycles. The van der Waals surface area contributed by atoms with Crippen LogP contribution in [-0.4, -0.2) is 0 Å². The zero-order chi connectivity index (χ0) is 11.6. The zero-order valence-electron chi connectivity index (χ0n) is 10.3. The molecule has 0 spiro atoms. The van der Waals surface area contributed by atoms with Gasteiger partial charge in [-0.2, -0.15) is 0 Å². The van der Waals surface area contributed by atoms with Crippen molar-refractivity contribution in [2.45, 2.75) is 20.3 Å². The number of benzene rings is 2. The van der Waals surface area contributed by atoms with Gasteiger partial charge in [-0.05, 0) is 10.6 Å². The molecule has 0 bridgehead atoms. The summed E-state index contributed by atoms with van der Waals surface area (Å²) in [6.07, 6.45) is 1.25. The molecular formula is C15H19PPd. The van der Waals surface area contributed by atoms with Crippen molar-refractivity contribution in [3.05, 3.63) is 60.7 Å². The molecule has 0 aromatic heterocycles. The minimum Gasteiger partial charge on any atom is -0.0656 e. The Morgan fingerprint density at radius 1 is 0.706 bits per heavy atom. The van der Waals surface area contributed by atoms with E-state index in [-0.39, 0.29) is 20.4 Å².